The van der Waals surface area contributed by atoms with E-state index in [0.717, 1.165) is 19.4 Å². The Morgan fingerprint density at radius 3 is 1.94 bits per heavy atom. The average molecular weight is 257 g/mol. The van der Waals surface area contributed by atoms with Crippen molar-refractivity contribution >= 4 is 5.97 Å². The van der Waals surface area contributed by atoms with Crippen molar-refractivity contribution in [3.8, 4) is 0 Å². The van der Waals surface area contributed by atoms with Gasteiger partial charge in [0, 0.05) is 18.6 Å². The molecule has 0 rings (SSSR count). The number of carbonyl (C=O) groups excluding carboxylic acids is 1. The number of ether oxygens (including phenoxy) is 1. The minimum Gasteiger partial charge on any atom is -0.469 e. The predicted molar refractivity (Wildman–Crippen MR) is 76.6 cm³/mol. The van der Waals surface area contributed by atoms with Crippen molar-refractivity contribution in [3.63, 3.8) is 0 Å². The predicted octanol–water partition coefficient (Wildman–Crippen LogP) is 3.33. The molecule has 18 heavy (non-hydrogen) atoms. The lowest BCUT2D eigenvalue weighted by molar-refractivity contribution is -0.147. The highest BCUT2D eigenvalue weighted by atomic mass is 16.5. The molecule has 2 atom stereocenters. The first-order valence-electron chi connectivity index (χ1n) is 7.22. The van der Waals surface area contributed by atoms with Gasteiger partial charge in [0.05, 0.1) is 13.0 Å². The van der Waals surface area contributed by atoms with Crippen LogP contribution in [0.5, 0.6) is 0 Å². The van der Waals surface area contributed by atoms with Gasteiger partial charge in [0.15, 0.2) is 0 Å². The summed E-state index contributed by atoms with van der Waals surface area (Å²) in [5.41, 5.74) is 0. The molecule has 0 aliphatic carbocycles. The molecule has 0 amide bonds. The van der Waals surface area contributed by atoms with Crippen LogP contribution in [-0.2, 0) is 9.53 Å². The number of rotatable bonds is 8. The fraction of sp³-hybridized carbons (Fsp3) is 0.933. The fourth-order valence-electron chi connectivity index (χ4n) is 2.50. The summed E-state index contributed by atoms with van der Waals surface area (Å²) in [7, 11) is 1.47. The molecule has 108 valence electrons. The van der Waals surface area contributed by atoms with E-state index in [1.807, 2.05) is 6.92 Å². The largest absolute Gasteiger partial charge is 0.469 e. The van der Waals surface area contributed by atoms with Crippen LogP contribution in [0.4, 0.5) is 0 Å². The lowest BCUT2D eigenvalue weighted by Gasteiger charge is -2.39. The second-order valence-electron chi connectivity index (χ2n) is 5.61. The molecule has 0 aliphatic heterocycles. The Kier molecular flexibility index (Phi) is 8.25. The summed E-state index contributed by atoms with van der Waals surface area (Å²) in [6, 6.07) is 0.777. The van der Waals surface area contributed by atoms with E-state index in [-0.39, 0.29) is 17.9 Å². The molecule has 0 N–H and O–H groups in total. The highest BCUT2D eigenvalue weighted by Crippen LogP contribution is 2.20. The zero-order chi connectivity index (χ0) is 14.3. The lowest BCUT2D eigenvalue weighted by atomic mass is 9.97. The van der Waals surface area contributed by atoms with E-state index in [4.69, 9.17) is 4.74 Å². The monoisotopic (exact) mass is 257 g/mol. The molecule has 3 nitrogen and oxygen atoms in total. The zero-order valence-corrected chi connectivity index (χ0v) is 13.2. The summed E-state index contributed by atoms with van der Waals surface area (Å²) in [4.78, 5) is 14.2. The number of hydrogen-bond donors (Lipinski definition) is 0. The summed E-state index contributed by atoms with van der Waals surface area (Å²) >= 11 is 0. The van der Waals surface area contributed by atoms with Crippen molar-refractivity contribution in [3.05, 3.63) is 0 Å². The molecule has 2 unspecified atom stereocenters. The maximum absolute atomic E-state index is 11.7. The van der Waals surface area contributed by atoms with Crippen LogP contribution < -0.4 is 0 Å². The van der Waals surface area contributed by atoms with Crippen molar-refractivity contribution in [2.45, 2.75) is 66.5 Å². The maximum Gasteiger partial charge on any atom is 0.309 e. The van der Waals surface area contributed by atoms with E-state index >= 15 is 0 Å². The van der Waals surface area contributed by atoms with Gasteiger partial charge in [-0.2, -0.15) is 0 Å². The summed E-state index contributed by atoms with van der Waals surface area (Å²) in [5, 5.41) is 0. The van der Waals surface area contributed by atoms with Gasteiger partial charge in [-0.1, -0.05) is 34.6 Å². The van der Waals surface area contributed by atoms with Gasteiger partial charge in [-0.3, -0.25) is 9.69 Å². The topological polar surface area (TPSA) is 29.5 Å². The molecule has 0 saturated heterocycles. The van der Waals surface area contributed by atoms with Crippen LogP contribution in [0.2, 0.25) is 0 Å². The molecule has 0 aromatic heterocycles. The number of methoxy groups -OCH3 is 1. The highest BCUT2D eigenvalue weighted by Gasteiger charge is 2.29. The van der Waals surface area contributed by atoms with Crippen LogP contribution >= 0.6 is 0 Å². The SMILES string of the molecule is CCC(CC)N(CC(C)C)C(C)C(C)C(=O)OC. The highest BCUT2D eigenvalue weighted by molar-refractivity contribution is 5.72. The van der Waals surface area contributed by atoms with E-state index < -0.39 is 0 Å². The molecule has 0 fully saturated rings. The minimum atomic E-state index is -0.109. The van der Waals surface area contributed by atoms with Gasteiger partial charge in [-0.25, -0.2) is 0 Å². The first-order chi connectivity index (χ1) is 8.38. The average Bonchev–Trinajstić information content (AvgIpc) is 2.35. The van der Waals surface area contributed by atoms with Crippen LogP contribution in [0, 0.1) is 11.8 Å². The molecular weight excluding hydrogens is 226 g/mol. The van der Waals surface area contributed by atoms with Crippen molar-refractivity contribution in [2.75, 3.05) is 13.7 Å². The number of esters is 1. The third-order valence-corrected chi connectivity index (χ3v) is 3.81. The van der Waals surface area contributed by atoms with Crippen molar-refractivity contribution in [2.24, 2.45) is 11.8 Å². The van der Waals surface area contributed by atoms with Gasteiger partial charge >= 0.3 is 5.97 Å². The van der Waals surface area contributed by atoms with Crippen LogP contribution in [-0.4, -0.2) is 36.6 Å². The van der Waals surface area contributed by atoms with Crippen LogP contribution in [0.25, 0.3) is 0 Å². The van der Waals surface area contributed by atoms with Gasteiger partial charge in [0.2, 0.25) is 0 Å². The van der Waals surface area contributed by atoms with Crippen LogP contribution in [0.15, 0.2) is 0 Å². The summed E-state index contributed by atoms with van der Waals surface area (Å²) in [5.74, 6) is 0.425. The second-order valence-corrected chi connectivity index (χ2v) is 5.61. The Hall–Kier alpha value is -0.570. The third kappa shape index (κ3) is 4.97. The normalized spacial score (nSPS) is 15.2. The van der Waals surface area contributed by atoms with Crippen molar-refractivity contribution < 1.29 is 9.53 Å². The fourth-order valence-corrected chi connectivity index (χ4v) is 2.50. The quantitative estimate of drug-likeness (QED) is 0.625. The van der Waals surface area contributed by atoms with Gasteiger partial charge in [0.1, 0.15) is 0 Å². The Balaban J connectivity index is 4.87. The second kappa shape index (κ2) is 8.52. The van der Waals surface area contributed by atoms with E-state index in [2.05, 4.69) is 39.5 Å². The van der Waals surface area contributed by atoms with Crippen molar-refractivity contribution in [1.29, 1.82) is 0 Å². The molecule has 0 spiro atoms. The summed E-state index contributed by atoms with van der Waals surface area (Å²) in [6.07, 6.45) is 2.25. The summed E-state index contributed by atoms with van der Waals surface area (Å²) < 4.78 is 4.87. The van der Waals surface area contributed by atoms with E-state index in [0.29, 0.717) is 12.0 Å². The van der Waals surface area contributed by atoms with Crippen LogP contribution in [0.1, 0.15) is 54.4 Å². The smallest absolute Gasteiger partial charge is 0.309 e. The van der Waals surface area contributed by atoms with E-state index in [9.17, 15) is 4.79 Å². The molecule has 0 heterocycles. The molecule has 0 saturated carbocycles. The molecule has 3 heteroatoms. The van der Waals surface area contributed by atoms with Gasteiger partial charge in [-0.15, -0.1) is 0 Å². The first kappa shape index (κ1) is 17.4. The molecule has 0 aliphatic rings. The Morgan fingerprint density at radius 2 is 1.61 bits per heavy atom. The zero-order valence-electron chi connectivity index (χ0n) is 13.2. The lowest BCUT2D eigenvalue weighted by Crippen LogP contribution is -2.48. The number of carbonyl (C=O) groups is 1. The minimum absolute atomic E-state index is 0.0747. The maximum atomic E-state index is 11.7. The van der Waals surface area contributed by atoms with Gasteiger partial charge in [0.25, 0.3) is 0 Å². The Labute approximate surface area is 113 Å². The van der Waals surface area contributed by atoms with Gasteiger partial charge < -0.3 is 4.74 Å². The van der Waals surface area contributed by atoms with E-state index in [1.54, 1.807) is 0 Å². The van der Waals surface area contributed by atoms with Crippen molar-refractivity contribution in [1.82, 2.24) is 4.90 Å². The number of nitrogens with zero attached hydrogens (tertiary/aromatic N) is 1. The Morgan fingerprint density at radius 1 is 1.11 bits per heavy atom. The first-order valence-corrected chi connectivity index (χ1v) is 7.22. The Bertz CT molecular complexity index is 237. The molecule has 0 aromatic rings. The molecule has 0 aromatic carbocycles. The summed E-state index contributed by atoms with van der Waals surface area (Å²) in [6.45, 7) is 14.0. The standard InChI is InChI=1S/C15H31NO2/c1-8-14(9-2)16(10-11(3)4)13(6)12(5)15(17)18-7/h11-14H,8-10H2,1-7H3. The molecule has 0 radical (unpaired) electrons. The van der Waals surface area contributed by atoms with Gasteiger partial charge in [-0.05, 0) is 25.7 Å². The number of hydrogen-bond acceptors (Lipinski definition) is 3. The van der Waals surface area contributed by atoms with Crippen LogP contribution in [0.3, 0.4) is 0 Å². The van der Waals surface area contributed by atoms with E-state index in [1.165, 1.54) is 7.11 Å². The molecule has 0 bridgehead atoms. The molecular formula is C15H31NO2. The third-order valence-electron chi connectivity index (χ3n) is 3.81.